The zero-order valence-electron chi connectivity index (χ0n) is 15.9. The molecule has 0 spiro atoms. The lowest BCUT2D eigenvalue weighted by molar-refractivity contribution is -0.124. The molecule has 2 aromatic carbocycles. The second kappa shape index (κ2) is 9.12. The molecule has 27 heavy (non-hydrogen) atoms. The molecule has 0 aromatic heterocycles. The molecule has 1 amide bonds. The maximum absolute atomic E-state index is 12.7. The van der Waals surface area contributed by atoms with Gasteiger partial charge in [-0.1, -0.05) is 55.0 Å². The van der Waals surface area contributed by atoms with Gasteiger partial charge in [0.1, 0.15) is 0 Å². The third-order valence-electron chi connectivity index (χ3n) is 4.42. The van der Waals surface area contributed by atoms with Crippen LogP contribution in [0.15, 0.2) is 53.4 Å². The lowest BCUT2D eigenvalue weighted by Gasteiger charge is -2.22. The molecule has 0 bridgehead atoms. The Labute approximate surface area is 161 Å². The number of amides is 1. The third kappa shape index (κ3) is 5.63. The lowest BCUT2D eigenvalue weighted by Crippen LogP contribution is -2.41. The van der Waals surface area contributed by atoms with Crippen LogP contribution in [0.25, 0.3) is 0 Å². The summed E-state index contributed by atoms with van der Waals surface area (Å²) in [6.07, 6.45) is 0. The third-order valence-corrected chi connectivity index (χ3v) is 6.00. The van der Waals surface area contributed by atoms with Crippen molar-refractivity contribution < 1.29 is 13.2 Å². The van der Waals surface area contributed by atoms with E-state index in [4.69, 9.17) is 5.73 Å². The van der Waals surface area contributed by atoms with Crippen LogP contribution < -0.4 is 15.8 Å². The number of nitrogens with one attached hydrogen (secondary N) is 2. The van der Waals surface area contributed by atoms with Crippen LogP contribution in [0, 0.1) is 19.8 Å². The first kappa shape index (κ1) is 21.1. The summed E-state index contributed by atoms with van der Waals surface area (Å²) in [6.45, 7) is 5.68. The van der Waals surface area contributed by atoms with Crippen molar-refractivity contribution in [3.63, 3.8) is 0 Å². The number of carbonyl (C=O) groups is 1. The van der Waals surface area contributed by atoms with Gasteiger partial charge in [-0.05, 0) is 31.0 Å². The number of aryl methyl sites for hydroxylation is 2. The Morgan fingerprint density at radius 2 is 1.78 bits per heavy atom. The summed E-state index contributed by atoms with van der Waals surface area (Å²) < 4.78 is 28.1. The van der Waals surface area contributed by atoms with Crippen molar-refractivity contribution in [1.29, 1.82) is 0 Å². The molecule has 0 aliphatic rings. The molecule has 0 radical (unpaired) electrons. The average molecular weight is 390 g/mol. The number of hydrogen-bond acceptors (Lipinski definition) is 4. The highest BCUT2D eigenvalue weighted by Gasteiger charge is 2.22. The molecule has 2 aromatic rings. The number of hydrogen-bond donors (Lipinski definition) is 3. The summed E-state index contributed by atoms with van der Waals surface area (Å²) in [5.74, 6) is -0.566. The van der Waals surface area contributed by atoms with E-state index in [0.29, 0.717) is 5.56 Å². The first-order valence-electron chi connectivity index (χ1n) is 8.87. The smallest absolute Gasteiger partial charge is 0.240 e. The van der Waals surface area contributed by atoms with E-state index in [1.165, 1.54) is 0 Å². The van der Waals surface area contributed by atoms with E-state index in [1.807, 2.05) is 43.3 Å². The fourth-order valence-electron chi connectivity index (χ4n) is 2.73. The van der Waals surface area contributed by atoms with Crippen LogP contribution in [0.2, 0.25) is 0 Å². The Balaban J connectivity index is 2.21. The van der Waals surface area contributed by atoms with Gasteiger partial charge in [0.25, 0.3) is 0 Å². The minimum atomic E-state index is -3.70. The van der Waals surface area contributed by atoms with E-state index >= 15 is 0 Å². The van der Waals surface area contributed by atoms with Crippen LogP contribution in [-0.2, 0) is 14.8 Å². The van der Waals surface area contributed by atoms with Crippen LogP contribution in [-0.4, -0.2) is 27.4 Å². The molecule has 0 aliphatic heterocycles. The molecule has 0 aliphatic carbocycles. The van der Waals surface area contributed by atoms with Gasteiger partial charge in [-0.2, -0.15) is 0 Å². The molecule has 7 heteroatoms. The van der Waals surface area contributed by atoms with Crippen molar-refractivity contribution in [1.82, 2.24) is 10.0 Å². The predicted octanol–water partition coefficient (Wildman–Crippen LogP) is 2.03. The zero-order valence-corrected chi connectivity index (χ0v) is 16.7. The van der Waals surface area contributed by atoms with Crippen molar-refractivity contribution in [3.05, 3.63) is 65.2 Å². The molecule has 146 valence electrons. The van der Waals surface area contributed by atoms with E-state index < -0.39 is 16.1 Å². The quantitative estimate of drug-likeness (QED) is 0.643. The average Bonchev–Trinajstić information content (AvgIpc) is 2.64. The van der Waals surface area contributed by atoms with Gasteiger partial charge in [0.15, 0.2) is 0 Å². The normalized spacial score (nSPS) is 13.8. The van der Waals surface area contributed by atoms with Crippen LogP contribution in [0.5, 0.6) is 0 Å². The van der Waals surface area contributed by atoms with Gasteiger partial charge in [0.2, 0.25) is 15.9 Å². The highest BCUT2D eigenvalue weighted by atomic mass is 32.2. The molecule has 0 fully saturated rings. The summed E-state index contributed by atoms with van der Waals surface area (Å²) in [5, 5.41) is 2.89. The molecule has 0 saturated carbocycles. The Morgan fingerprint density at radius 3 is 2.37 bits per heavy atom. The standard InChI is InChI=1S/C20H27N3O3S/c1-14-9-10-19(15(2)11-14)27(25,26)22-13-18(17-7-5-4-6-8-17)23-20(24)16(3)12-21/h4-11,16,18,22H,12-13,21H2,1-3H3,(H,23,24). The maximum atomic E-state index is 12.7. The van der Waals surface area contributed by atoms with Crippen LogP contribution in [0.3, 0.4) is 0 Å². The lowest BCUT2D eigenvalue weighted by atomic mass is 10.1. The SMILES string of the molecule is Cc1ccc(S(=O)(=O)NCC(NC(=O)C(C)CN)c2ccccc2)c(C)c1. The summed E-state index contributed by atoms with van der Waals surface area (Å²) >= 11 is 0. The summed E-state index contributed by atoms with van der Waals surface area (Å²) in [5.41, 5.74) is 8.06. The molecule has 0 saturated heterocycles. The first-order valence-corrected chi connectivity index (χ1v) is 10.3. The van der Waals surface area contributed by atoms with Gasteiger partial charge in [0.05, 0.1) is 10.9 Å². The highest BCUT2D eigenvalue weighted by Crippen LogP contribution is 2.18. The van der Waals surface area contributed by atoms with Crippen molar-refractivity contribution in [2.45, 2.75) is 31.7 Å². The largest absolute Gasteiger partial charge is 0.348 e. The molecule has 2 rings (SSSR count). The zero-order chi connectivity index (χ0) is 20.0. The van der Waals surface area contributed by atoms with Crippen molar-refractivity contribution in [2.75, 3.05) is 13.1 Å². The van der Waals surface area contributed by atoms with Gasteiger partial charge >= 0.3 is 0 Å². The monoisotopic (exact) mass is 389 g/mol. The van der Waals surface area contributed by atoms with E-state index in [9.17, 15) is 13.2 Å². The van der Waals surface area contributed by atoms with Gasteiger partial charge in [-0.15, -0.1) is 0 Å². The minimum Gasteiger partial charge on any atom is -0.348 e. The summed E-state index contributed by atoms with van der Waals surface area (Å²) in [4.78, 5) is 12.5. The second-order valence-electron chi connectivity index (χ2n) is 6.73. The number of carbonyl (C=O) groups excluding carboxylic acids is 1. The van der Waals surface area contributed by atoms with E-state index in [0.717, 1.165) is 11.1 Å². The van der Waals surface area contributed by atoms with Crippen LogP contribution in [0.1, 0.15) is 29.7 Å². The number of sulfonamides is 1. The van der Waals surface area contributed by atoms with Crippen LogP contribution in [0.4, 0.5) is 0 Å². The predicted molar refractivity (Wildman–Crippen MR) is 107 cm³/mol. The highest BCUT2D eigenvalue weighted by molar-refractivity contribution is 7.89. The minimum absolute atomic E-state index is 0.0443. The second-order valence-corrected chi connectivity index (χ2v) is 8.46. The number of benzene rings is 2. The number of nitrogens with two attached hydrogens (primary N) is 1. The van der Waals surface area contributed by atoms with Gasteiger partial charge in [-0.3, -0.25) is 4.79 Å². The fraction of sp³-hybridized carbons (Fsp3) is 0.350. The Hall–Kier alpha value is -2.22. The maximum Gasteiger partial charge on any atom is 0.240 e. The van der Waals surface area contributed by atoms with Crippen molar-refractivity contribution in [2.24, 2.45) is 11.7 Å². The summed E-state index contributed by atoms with van der Waals surface area (Å²) in [7, 11) is -3.70. The topological polar surface area (TPSA) is 101 Å². The van der Waals surface area contributed by atoms with Crippen molar-refractivity contribution >= 4 is 15.9 Å². The first-order chi connectivity index (χ1) is 12.7. The molecule has 2 atom stereocenters. The Bertz CT molecular complexity index is 883. The molecular formula is C20H27N3O3S. The number of rotatable bonds is 8. The van der Waals surface area contributed by atoms with Gasteiger partial charge in [0, 0.05) is 19.0 Å². The Kier molecular flexibility index (Phi) is 7.12. The van der Waals surface area contributed by atoms with Crippen molar-refractivity contribution in [3.8, 4) is 0 Å². The molecule has 2 unspecified atom stereocenters. The van der Waals surface area contributed by atoms with Gasteiger partial charge in [-0.25, -0.2) is 13.1 Å². The molecular weight excluding hydrogens is 362 g/mol. The molecule has 6 nitrogen and oxygen atoms in total. The molecule has 4 N–H and O–H groups in total. The Morgan fingerprint density at radius 1 is 1.11 bits per heavy atom. The van der Waals surface area contributed by atoms with E-state index in [-0.39, 0.29) is 29.8 Å². The van der Waals surface area contributed by atoms with Gasteiger partial charge < -0.3 is 11.1 Å². The van der Waals surface area contributed by atoms with E-state index in [1.54, 1.807) is 26.0 Å². The van der Waals surface area contributed by atoms with Crippen LogP contribution >= 0.6 is 0 Å². The summed E-state index contributed by atoms with van der Waals surface area (Å²) in [6, 6.07) is 14.0. The van der Waals surface area contributed by atoms with E-state index in [2.05, 4.69) is 10.0 Å². The molecule has 0 heterocycles. The fourth-order valence-corrected chi connectivity index (χ4v) is 4.00.